The van der Waals surface area contributed by atoms with Crippen LogP contribution in [-0.2, 0) is 0 Å². The number of furan rings is 1. The Morgan fingerprint density at radius 1 is 1.07 bits per heavy atom. The van der Waals surface area contributed by atoms with E-state index in [2.05, 4.69) is 12.2 Å². The molecule has 7 heteroatoms. The van der Waals surface area contributed by atoms with Crippen LogP contribution in [0, 0.1) is 0 Å². The Bertz CT molecular complexity index is 758. The maximum Gasteiger partial charge on any atom is 0.321 e. The number of unbranched alkanes of at least 4 members (excludes halogenated alkanes) is 1. The SMILES string of the molecule is CCCCOc1ccc(NC(=O)N2CCCN(C(=O)c3ccco3)CC2)cc1. The zero-order valence-electron chi connectivity index (χ0n) is 16.2. The lowest BCUT2D eigenvalue weighted by molar-refractivity contribution is 0.0731. The fraction of sp³-hybridized carbons (Fsp3) is 0.429. The number of ether oxygens (including phenoxy) is 1. The Balaban J connectivity index is 1.50. The van der Waals surface area contributed by atoms with Crippen LogP contribution in [0.5, 0.6) is 5.75 Å². The number of amides is 3. The Kier molecular flexibility index (Phi) is 6.94. The van der Waals surface area contributed by atoms with Gasteiger partial charge in [-0.15, -0.1) is 0 Å². The molecule has 3 rings (SSSR count). The highest BCUT2D eigenvalue weighted by Crippen LogP contribution is 2.17. The van der Waals surface area contributed by atoms with Gasteiger partial charge in [-0.3, -0.25) is 4.79 Å². The number of benzene rings is 1. The number of nitrogens with zero attached hydrogens (tertiary/aromatic N) is 2. The van der Waals surface area contributed by atoms with E-state index in [9.17, 15) is 9.59 Å². The van der Waals surface area contributed by atoms with Crippen molar-refractivity contribution in [3.05, 3.63) is 48.4 Å². The minimum absolute atomic E-state index is 0.133. The minimum Gasteiger partial charge on any atom is -0.494 e. The Morgan fingerprint density at radius 2 is 1.82 bits per heavy atom. The molecule has 1 saturated heterocycles. The van der Waals surface area contributed by atoms with Crippen LogP contribution < -0.4 is 10.1 Å². The molecule has 28 heavy (non-hydrogen) atoms. The average molecular weight is 385 g/mol. The van der Waals surface area contributed by atoms with Crippen LogP contribution in [-0.4, -0.2) is 54.5 Å². The predicted molar refractivity (Wildman–Crippen MR) is 107 cm³/mol. The molecule has 0 unspecified atom stereocenters. The molecule has 1 aromatic heterocycles. The summed E-state index contributed by atoms with van der Waals surface area (Å²) < 4.78 is 10.8. The maximum atomic E-state index is 12.6. The molecule has 0 aliphatic carbocycles. The fourth-order valence-corrected chi connectivity index (χ4v) is 3.05. The summed E-state index contributed by atoms with van der Waals surface area (Å²) in [4.78, 5) is 28.5. The van der Waals surface area contributed by atoms with E-state index in [0.29, 0.717) is 38.5 Å². The molecule has 1 aliphatic rings. The largest absolute Gasteiger partial charge is 0.494 e. The van der Waals surface area contributed by atoms with Crippen molar-refractivity contribution in [2.24, 2.45) is 0 Å². The molecule has 1 aromatic carbocycles. The molecule has 150 valence electrons. The highest BCUT2D eigenvalue weighted by atomic mass is 16.5. The fourth-order valence-electron chi connectivity index (χ4n) is 3.05. The van der Waals surface area contributed by atoms with Crippen LogP contribution in [0.2, 0.25) is 0 Å². The van der Waals surface area contributed by atoms with Gasteiger partial charge in [0.15, 0.2) is 5.76 Å². The lowest BCUT2D eigenvalue weighted by Gasteiger charge is -2.22. The topological polar surface area (TPSA) is 75.0 Å². The number of hydrogen-bond donors (Lipinski definition) is 1. The third kappa shape index (κ3) is 5.28. The zero-order valence-corrected chi connectivity index (χ0v) is 16.2. The van der Waals surface area contributed by atoms with Crippen LogP contribution in [0.1, 0.15) is 36.7 Å². The van der Waals surface area contributed by atoms with Gasteiger partial charge >= 0.3 is 6.03 Å². The van der Waals surface area contributed by atoms with Crippen LogP contribution in [0.4, 0.5) is 10.5 Å². The lowest BCUT2D eigenvalue weighted by Crippen LogP contribution is -2.39. The predicted octanol–water partition coefficient (Wildman–Crippen LogP) is 3.84. The first-order chi connectivity index (χ1) is 13.7. The number of nitrogens with one attached hydrogen (secondary N) is 1. The summed E-state index contributed by atoms with van der Waals surface area (Å²) in [6.45, 7) is 4.99. The highest BCUT2D eigenvalue weighted by molar-refractivity contribution is 5.92. The monoisotopic (exact) mass is 385 g/mol. The van der Waals surface area contributed by atoms with E-state index in [4.69, 9.17) is 9.15 Å². The minimum atomic E-state index is -0.160. The van der Waals surface area contributed by atoms with E-state index in [1.807, 2.05) is 24.3 Å². The van der Waals surface area contributed by atoms with E-state index < -0.39 is 0 Å². The first kappa shape index (κ1) is 19.8. The maximum absolute atomic E-state index is 12.6. The second-order valence-corrected chi connectivity index (χ2v) is 6.77. The molecule has 0 bridgehead atoms. The van der Waals surface area contributed by atoms with Gasteiger partial charge in [0.2, 0.25) is 0 Å². The van der Waals surface area contributed by atoms with Crippen molar-refractivity contribution in [2.75, 3.05) is 38.1 Å². The van der Waals surface area contributed by atoms with Crippen molar-refractivity contribution >= 4 is 17.6 Å². The molecule has 0 atom stereocenters. The number of rotatable bonds is 6. The number of carbonyl (C=O) groups is 2. The average Bonchev–Trinajstić information content (AvgIpc) is 3.13. The van der Waals surface area contributed by atoms with Gasteiger partial charge in [-0.2, -0.15) is 0 Å². The summed E-state index contributed by atoms with van der Waals surface area (Å²) >= 11 is 0. The molecule has 2 aromatic rings. The standard InChI is InChI=1S/C21H27N3O4/c1-2-3-15-27-18-9-7-17(8-10-18)22-21(26)24-12-5-11-23(13-14-24)20(25)19-6-4-16-28-19/h4,6-10,16H,2-3,5,11-15H2,1H3,(H,22,26). The quantitative estimate of drug-likeness (QED) is 0.767. The van der Waals surface area contributed by atoms with Gasteiger partial charge in [0.25, 0.3) is 5.91 Å². The van der Waals surface area contributed by atoms with Crippen molar-refractivity contribution in [3.63, 3.8) is 0 Å². The molecule has 0 saturated carbocycles. The van der Waals surface area contributed by atoms with Crippen LogP contribution >= 0.6 is 0 Å². The summed E-state index contributed by atoms with van der Waals surface area (Å²) in [6.07, 6.45) is 4.33. The molecule has 2 heterocycles. The van der Waals surface area contributed by atoms with Gasteiger partial charge in [-0.25, -0.2) is 4.79 Å². The molecular formula is C21H27N3O4. The molecule has 1 N–H and O–H groups in total. The Morgan fingerprint density at radius 3 is 2.54 bits per heavy atom. The molecular weight excluding hydrogens is 358 g/mol. The van der Waals surface area contributed by atoms with Crippen LogP contribution in [0.25, 0.3) is 0 Å². The summed E-state index contributed by atoms with van der Waals surface area (Å²) in [5, 5.41) is 2.91. The van der Waals surface area contributed by atoms with Crippen molar-refractivity contribution < 1.29 is 18.7 Å². The van der Waals surface area contributed by atoms with Crippen molar-refractivity contribution in [3.8, 4) is 5.75 Å². The number of hydrogen-bond acceptors (Lipinski definition) is 4. The van der Waals surface area contributed by atoms with Crippen molar-refractivity contribution in [1.29, 1.82) is 0 Å². The normalized spacial score (nSPS) is 14.5. The Hall–Kier alpha value is -2.96. The van der Waals surface area contributed by atoms with E-state index in [-0.39, 0.29) is 11.9 Å². The number of urea groups is 1. The zero-order chi connectivity index (χ0) is 19.8. The van der Waals surface area contributed by atoms with E-state index in [0.717, 1.165) is 30.7 Å². The van der Waals surface area contributed by atoms with Crippen LogP contribution in [0.3, 0.4) is 0 Å². The van der Waals surface area contributed by atoms with E-state index >= 15 is 0 Å². The van der Waals surface area contributed by atoms with E-state index in [1.165, 1.54) is 6.26 Å². The first-order valence-electron chi connectivity index (χ1n) is 9.79. The van der Waals surface area contributed by atoms with Crippen LogP contribution in [0.15, 0.2) is 47.1 Å². The van der Waals surface area contributed by atoms with Gasteiger partial charge in [0.05, 0.1) is 12.9 Å². The van der Waals surface area contributed by atoms with Gasteiger partial charge in [-0.1, -0.05) is 13.3 Å². The molecule has 1 aliphatic heterocycles. The van der Waals surface area contributed by atoms with Crippen molar-refractivity contribution in [2.45, 2.75) is 26.2 Å². The molecule has 7 nitrogen and oxygen atoms in total. The third-order valence-electron chi connectivity index (χ3n) is 4.67. The summed E-state index contributed by atoms with van der Waals surface area (Å²) in [6, 6.07) is 10.6. The second kappa shape index (κ2) is 9.82. The van der Waals surface area contributed by atoms with Gasteiger partial charge in [-0.05, 0) is 49.2 Å². The number of carbonyl (C=O) groups excluding carboxylic acids is 2. The smallest absolute Gasteiger partial charge is 0.321 e. The van der Waals surface area contributed by atoms with Gasteiger partial charge in [0, 0.05) is 31.9 Å². The first-order valence-corrected chi connectivity index (χ1v) is 9.79. The van der Waals surface area contributed by atoms with E-state index in [1.54, 1.807) is 21.9 Å². The summed E-state index contributed by atoms with van der Waals surface area (Å²) in [7, 11) is 0. The summed E-state index contributed by atoms with van der Waals surface area (Å²) in [5.74, 6) is 0.998. The van der Waals surface area contributed by atoms with Gasteiger partial charge in [0.1, 0.15) is 5.75 Å². The molecule has 0 radical (unpaired) electrons. The molecule has 1 fully saturated rings. The second-order valence-electron chi connectivity index (χ2n) is 6.77. The number of anilines is 1. The third-order valence-corrected chi connectivity index (χ3v) is 4.67. The highest BCUT2D eigenvalue weighted by Gasteiger charge is 2.24. The van der Waals surface area contributed by atoms with Gasteiger partial charge < -0.3 is 24.3 Å². The van der Waals surface area contributed by atoms with Crippen molar-refractivity contribution in [1.82, 2.24) is 9.80 Å². The lowest BCUT2D eigenvalue weighted by atomic mass is 10.3. The Labute approximate surface area is 165 Å². The molecule has 0 spiro atoms. The molecule has 3 amide bonds. The summed E-state index contributed by atoms with van der Waals surface area (Å²) in [5.41, 5.74) is 0.723.